The van der Waals surface area contributed by atoms with E-state index in [1.807, 2.05) is 0 Å². The fourth-order valence-corrected chi connectivity index (χ4v) is 4.84. The van der Waals surface area contributed by atoms with Crippen LogP contribution in [0.4, 0.5) is 20.3 Å². The van der Waals surface area contributed by atoms with Gasteiger partial charge in [-0.3, -0.25) is 9.52 Å². The zero-order valence-electron chi connectivity index (χ0n) is 20.4. The summed E-state index contributed by atoms with van der Waals surface area (Å²) in [6.07, 6.45) is 2.10. The Balaban J connectivity index is 1.46. The molecule has 200 valence electrons. The van der Waals surface area contributed by atoms with Crippen LogP contribution in [0.1, 0.15) is 21.6 Å². The lowest BCUT2D eigenvalue weighted by molar-refractivity contribution is 0.103. The minimum Gasteiger partial charge on any atom is -0.457 e. The molecule has 0 aliphatic carbocycles. The Morgan fingerprint density at radius 1 is 1.10 bits per heavy atom. The molecule has 0 spiro atoms. The minimum atomic E-state index is -3.72. The molecule has 0 saturated heterocycles. The summed E-state index contributed by atoms with van der Waals surface area (Å²) in [6.45, 7) is 1.64. The van der Waals surface area contributed by atoms with Crippen LogP contribution in [0.15, 0.2) is 60.8 Å². The maximum atomic E-state index is 15.2. The van der Waals surface area contributed by atoms with Crippen LogP contribution in [-0.2, 0) is 10.0 Å². The fourth-order valence-electron chi connectivity index (χ4n) is 4.11. The zero-order chi connectivity index (χ0) is 28.1. The first kappa shape index (κ1) is 26.2. The quantitative estimate of drug-likeness (QED) is 0.219. The lowest BCUT2D eigenvalue weighted by Crippen LogP contribution is -2.10. The van der Waals surface area contributed by atoms with Crippen molar-refractivity contribution < 1.29 is 26.7 Å². The van der Waals surface area contributed by atoms with E-state index in [0.717, 1.165) is 17.0 Å². The minimum absolute atomic E-state index is 0.0189. The Labute approximate surface area is 226 Å². The SMILES string of the molecule is Cc1cc(Oc2cccc(Cl)c2)cc(F)c1-n1ncc(C(=O)c2cc3cc(F)c(NS(C)(=O)=O)cc3[nH]2)c1N. The van der Waals surface area contributed by atoms with Crippen LogP contribution in [-0.4, -0.2) is 35.2 Å². The number of halogens is 3. The van der Waals surface area contributed by atoms with Crippen molar-refractivity contribution in [1.29, 1.82) is 0 Å². The Bertz CT molecular complexity index is 1860. The van der Waals surface area contributed by atoms with Gasteiger partial charge >= 0.3 is 0 Å². The van der Waals surface area contributed by atoms with Crippen molar-refractivity contribution in [2.75, 3.05) is 16.7 Å². The second kappa shape index (κ2) is 9.71. The number of carbonyl (C=O) groups is 1. The van der Waals surface area contributed by atoms with Gasteiger partial charge in [0.15, 0.2) is 5.82 Å². The number of nitrogens with zero attached hydrogens (tertiary/aromatic N) is 2. The molecule has 4 N–H and O–H groups in total. The number of aryl methyl sites for hydroxylation is 1. The average molecular weight is 572 g/mol. The van der Waals surface area contributed by atoms with Crippen molar-refractivity contribution >= 4 is 49.8 Å². The van der Waals surface area contributed by atoms with E-state index in [1.165, 1.54) is 24.4 Å². The summed E-state index contributed by atoms with van der Waals surface area (Å²) in [4.78, 5) is 16.1. The number of fused-ring (bicyclic) bond motifs is 1. The Hall–Kier alpha value is -4.42. The van der Waals surface area contributed by atoms with Gasteiger partial charge in [-0.1, -0.05) is 17.7 Å². The number of ether oxygens (including phenoxy) is 1. The van der Waals surface area contributed by atoms with E-state index >= 15 is 4.39 Å². The predicted molar refractivity (Wildman–Crippen MR) is 144 cm³/mol. The van der Waals surface area contributed by atoms with Crippen LogP contribution < -0.4 is 15.2 Å². The van der Waals surface area contributed by atoms with Crippen molar-refractivity contribution in [3.8, 4) is 17.2 Å². The highest BCUT2D eigenvalue weighted by atomic mass is 35.5. The number of aromatic amines is 1. The Morgan fingerprint density at radius 2 is 1.87 bits per heavy atom. The number of rotatable bonds is 7. The molecule has 39 heavy (non-hydrogen) atoms. The summed E-state index contributed by atoms with van der Waals surface area (Å²) < 4.78 is 61.5. The number of carbonyl (C=O) groups excluding carboxylic acids is 1. The maximum absolute atomic E-state index is 15.2. The molecule has 0 bridgehead atoms. The third kappa shape index (κ3) is 5.29. The summed E-state index contributed by atoms with van der Waals surface area (Å²) >= 11 is 5.98. The molecule has 0 radical (unpaired) electrons. The summed E-state index contributed by atoms with van der Waals surface area (Å²) in [5.74, 6) is -1.53. The number of ketones is 1. The smallest absolute Gasteiger partial charge is 0.229 e. The summed E-state index contributed by atoms with van der Waals surface area (Å²) in [5.41, 5.74) is 6.76. The predicted octanol–water partition coefficient (Wildman–Crippen LogP) is 5.57. The number of anilines is 2. The van der Waals surface area contributed by atoms with Crippen LogP contribution in [0.5, 0.6) is 11.5 Å². The van der Waals surface area contributed by atoms with Gasteiger partial charge in [0, 0.05) is 22.0 Å². The molecule has 0 aliphatic heterocycles. The number of nitrogens with two attached hydrogens (primary N) is 1. The molecule has 3 aromatic carbocycles. The second-order valence-corrected chi connectivity index (χ2v) is 11.0. The van der Waals surface area contributed by atoms with Crippen molar-refractivity contribution in [3.63, 3.8) is 0 Å². The first-order valence-corrected chi connectivity index (χ1v) is 13.6. The van der Waals surface area contributed by atoms with Crippen molar-refractivity contribution in [2.45, 2.75) is 6.92 Å². The number of nitrogens with one attached hydrogen (secondary N) is 2. The molecule has 5 aromatic rings. The normalized spacial score (nSPS) is 11.6. The summed E-state index contributed by atoms with van der Waals surface area (Å²) in [7, 11) is -3.72. The number of sulfonamides is 1. The highest BCUT2D eigenvalue weighted by Gasteiger charge is 2.23. The Kier molecular flexibility index (Phi) is 6.52. The Morgan fingerprint density at radius 3 is 2.56 bits per heavy atom. The molecule has 0 aliphatic rings. The molecule has 9 nitrogen and oxygen atoms in total. The van der Waals surface area contributed by atoms with Gasteiger partial charge in [0.25, 0.3) is 0 Å². The third-order valence-corrected chi connectivity index (χ3v) is 6.60. The van der Waals surface area contributed by atoms with Crippen LogP contribution >= 0.6 is 11.6 Å². The molecule has 0 saturated carbocycles. The van der Waals surface area contributed by atoms with E-state index in [-0.39, 0.29) is 34.2 Å². The van der Waals surface area contributed by atoms with E-state index in [9.17, 15) is 17.6 Å². The molecule has 13 heteroatoms. The standard InChI is InChI=1S/C26H20ClF2N5O4S/c1-13-6-17(38-16-5-3-4-15(27)9-16)10-20(29)24(13)34-26(30)18(12-31-34)25(35)23-8-14-7-19(28)22(11-21(14)32-23)33-39(2,36)37/h3-12,32-33H,30H2,1-2H3. The fraction of sp³-hybridized carbons (Fsp3) is 0.0769. The van der Waals surface area contributed by atoms with Gasteiger partial charge < -0.3 is 15.5 Å². The lowest BCUT2D eigenvalue weighted by Gasteiger charge is -2.13. The molecule has 5 rings (SSSR count). The topological polar surface area (TPSA) is 132 Å². The van der Waals surface area contributed by atoms with Crippen LogP contribution in [0.3, 0.4) is 0 Å². The molecular formula is C26H20ClF2N5O4S. The molecule has 2 aromatic heterocycles. The number of H-pyrrole nitrogens is 1. The average Bonchev–Trinajstić information content (AvgIpc) is 3.41. The van der Waals surface area contributed by atoms with Crippen molar-refractivity contribution in [3.05, 3.63) is 94.3 Å². The molecule has 0 unspecified atom stereocenters. The number of hydrogen-bond donors (Lipinski definition) is 3. The largest absolute Gasteiger partial charge is 0.457 e. The van der Waals surface area contributed by atoms with Gasteiger partial charge in [-0.05, 0) is 55.0 Å². The zero-order valence-corrected chi connectivity index (χ0v) is 22.0. The van der Waals surface area contributed by atoms with Crippen molar-refractivity contribution in [2.24, 2.45) is 0 Å². The first-order valence-electron chi connectivity index (χ1n) is 11.3. The highest BCUT2D eigenvalue weighted by Crippen LogP contribution is 2.32. The van der Waals surface area contributed by atoms with E-state index in [4.69, 9.17) is 22.1 Å². The molecule has 0 fully saturated rings. The van der Waals surface area contributed by atoms with Gasteiger partial charge in [0.2, 0.25) is 15.8 Å². The molecule has 0 amide bonds. The molecular weight excluding hydrogens is 552 g/mol. The van der Waals surface area contributed by atoms with E-state index in [0.29, 0.717) is 27.2 Å². The maximum Gasteiger partial charge on any atom is 0.229 e. The number of hydrogen-bond acceptors (Lipinski definition) is 6. The van der Waals surface area contributed by atoms with E-state index in [2.05, 4.69) is 14.8 Å². The highest BCUT2D eigenvalue weighted by molar-refractivity contribution is 7.92. The van der Waals surface area contributed by atoms with Crippen LogP contribution in [0.25, 0.3) is 16.6 Å². The summed E-state index contributed by atoms with van der Waals surface area (Å²) in [5, 5.41) is 4.92. The van der Waals surface area contributed by atoms with Gasteiger partial charge in [-0.2, -0.15) is 5.10 Å². The number of nitrogen functional groups attached to an aromatic ring is 1. The third-order valence-electron chi connectivity index (χ3n) is 5.77. The first-order chi connectivity index (χ1) is 18.4. The van der Waals surface area contributed by atoms with Crippen LogP contribution in [0.2, 0.25) is 5.02 Å². The second-order valence-electron chi connectivity index (χ2n) is 8.79. The van der Waals surface area contributed by atoms with Gasteiger partial charge in [-0.25, -0.2) is 21.9 Å². The molecule has 0 atom stereocenters. The van der Waals surface area contributed by atoms with Crippen molar-refractivity contribution in [1.82, 2.24) is 14.8 Å². The summed E-state index contributed by atoms with van der Waals surface area (Å²) in [6, 6.07) is 13.1. The monoisotopic (exact) mass is 571 g/mol. The van der Waals surface area contributed by atoms with E-state index in [1.54, 1.807) is 37.3 Å². The van der Waals surface area contributed by atoms with Gasteiger partial charge in [-0.15, -0.1) is 0 Å². The lowest BCUT2D eigenvalue weighted by atomic mass is 10.1. The van der Waals surface area contributed by atoms with E-state index < -0.39 is 27.4 Å². The van der Waals surface area contributed by atoms with Gasteiger partial charge in [0.05, 0.1) is 29.4 Å². The van der Waals surface area contributed by atoms with Gasteiger partial charge in [0.1, 0.15) is 28.8 Å². The molecule has 2 heterocycles. The van der Waals surface area contributed by atoms with Crippen LogP contribution in [0, 0.1) is 18.6 Å². The number of benzene rings is 3. The number of aromatic nitrogens is 3.